The van der Waals surface area contributed by atoms with Crippen molar-refractivity contribution < 1.29 is 9.59 Å². The molecule has 0 saturated carbocycles. The average Bonchev–Trinajstić information content (AvgIpc) is 2.51. The fraction of sp³-hybridized carbons (Fsp3) is 0.467. The van der Waals surface area contributed by atoms with E-state index in [1.54, 1.807) is 23.1 Å². The molecule has 0 spiro atoms. The van der Waals surface area contributed by atoms with E-state index in [4.69, 9.17) is 23.2 Å². The molecule has 1 unspecified atom stereocenters. The summed E-state index contributed by atoms with van der Waals surface area (Å²) in [4.78, 5) is 25.5. The Morgan fingerprint density at radius 1 is 1.36 bits per heavy atom. The lowest BCUT2D eigenvalue weighted by atomic mass is 10.1. The summed E-state index contributed by atoms with van der Waals surface area (Å²) in [5, 5.41) is 6.64. The van der Waals surface area contributed by atoms with Crippen molar-refractivity contribution in [3.8, 4) is 0 Å². The lowest BCUT2D eigenvalue weighted by Gasteiger charge is -2.33. The number of halogens is 2. The number of hydrogen-bond acceptors (Lipinski definition) is 2. The van der Waals surface area contributed by atoms with E-state index < -0.39 is 0 Å². The smallest absolute Gasteiger partial charge is 0.321 e. The van der Waals surface area contributed by atoms with Crippen molar-refractivity contribution in [2.45, 2.75) is 32.2 Å². The lowest BCUT2D eigenvalue weighted by molar-refractivity contribution is -0.121. The summed E-state index contributed by atoms with van der Waals surface area (Å²) < 4.78 is 0. The maximum Gasteiger partial charge on any atom is 0.321 e. The van der Waals surface area contributed by atoms with Gasteiger partial charge in [0.05, 0.1) is 10.7 Å². The van der Waals surface area contributed by atoms with Gasteiger partial charge in [0.2, 0.25) is 5.91 Å². The summed E-state index contributed by atoms with van der Waals surface area (Å²) in [5.74, 6) is 0.00476. The minimum atomic E-state index is -0.236. The first-order chi connectivity index (χ1) is 10.5. The minimum Gasteiger partial charge on any atom is -0.352 e. The van der Waals surface area contributed by atoms with Crippen LogP contribution in [-0.2, 0) is 4.79 Å². The Labute approximate surface area is 139 Å². The van der Waals surface area contributed by atoms with Gasteiger partial charge in [0.1, 0.15) is 0 Å². The summed E-state index contributed by atoms with van der Waals surface area (Å²) in [5.41, 5.74) is 0.485. The van der Waals surface area contributed by atoms with Crippen LogP contribution in [-0.4, -0.2) is 36.0 Å². The van der Waals surface area contributed by atoms with Crippen molar-refractivity contribution >= 4 is 40.8 Å². The number of carbonyl (C=O) groups excluding carboxylic acids is 2. The second-order valence-electron chi connectivity index (χ2n) is 5.26. The van der Waals surface area contributed by atoms with Gasteiger partial charge in [0, 0.05) is 30.6 Å². The normalized spacial score (nSPS) is 18.0. The summed E-state index contributed by atoms with van der Waals surface area (Å²) in [6.45, 7) is 2.96. The molecule has 5 nitrogen and oxygen atoms in total. The fourth-order valence-corrected chi connectivity index (χ4v) is 2.73. The molecule has 1 aromatic carbocycles. The number of nitrogens with zero attached hydrogens (tertiary/aromatic N) is 1. The molecule has 1 aromatic rings. The number of carbonyl (C=O) groups is 2. The number of nitrogens with one attached hydrogen (secondary N) is 2. The lowest BCUT2D eigenvalue weighted by Crippen LogP contribution is -2.50. The predicted molar refractivity (Wildman–Crippen MR) is 88.5 cm³/mol. The summed E-state index contributed by atoms with van der Waals surface area (Å²) in [6, 6.07) is 4.68. The number of anilines is 1. The number of likely N-dealkylation sites (tertiary alicyclic amines) is 1. The fourth-order valence-electron chi connectivity index (χ4n) is 2.40. The molecule has 1 aliphatic heterocycles. The molecule has 1 fully saturated rings. The Bertz CT molecular complexity index is 566. The van der Waals surface area contributed by atoms with E-state index in [2.05, 4.69) is 10.6 Å². The van der Waals surface area contributed by atoms with Crippen molar-refractivity contribution in [1.82, 2.24) is 10.2 Å². The number of piperidine rings is 1. The first-order valence-electron chi connectivity index (χ1n) is 7.30. The Morgan fingerprint density at radius 2 is 2.14 bits per heavy atom. The molecule has 1 saturated heterocycles. The molecule has 120 valence electrons. The highest BCUT2D eigenvalue weighted by Crippen LogP contribution is 2.26. The van der Waals surface area contributed by atoms with E-state index in [0.29, 0.717) is 35.2 Å². The van der Waals surface area contributed by atoms with Gasteiger partial charge in [-0.05, 0) is 31.0 Å². The van der Waals surface area contributed by atoms with Crippen LogP contribution in [0.3, 0.4) is 0 Å². The second kappa shape index (κ2) is 7.70. The number of hydrogen-bond donors (Lipinski definition) is 2. The highest BCUT2D eigenvalue weighted by molar-refractivity contribution is 6.35. The van der Waals surface area contributed by atoms with Gasteiger partial charge < -0.3 is 15.5 Å². The summed E-state index contributed by atoms with van der Waals surface area (Å²) in [7, 11) is 0. The number of amides is 3. The third-order valence-corrected chi connectivity index (χ3v) is 4.13. The molecule has 3 amide bonds. The monoisotopic (exact) mass is 343 g/mol. The quantitative estimate of drug-likeness (QED) is 0.881. The largest absolute Gasteiger partial charge is 0.352 e. The van der Waals surface area contributed by atoms with E-state index in [1.165, 1.54) is 0 Å². The van der Waals surface area contributed by atoms with E-state index in [-0.39, 0.29) is 18.0 Å². The van der Waals surface area contributed by atoms with Crippen LogP contribution in [0.25, 0.3) is 0 Å². The molecule has 1 heterocycles. The SMILES string of the molecule is CCC(=O)NC1CCCN(C(=O)Nc2cc(Cl)ccc2Cl)C1. The van der Waals surface area contributed by atoms with Gasteiger partial charge >= 0.3 is 6.03 Å². The highest BCUT2D eigenvalue weighted by Gasteiger charge is 2.24. The first kappa shape index (κ1) is 16.9. The Balaban J connectivity index is 1.97. The third kappa shape index (κ3) is 4.52. The van der Waals surface area contributed by atoms with Crippen LogP contribution in [0.1, 0.15) is 26.2 Å². The summed E-state index contributed by atoms with van der Waals surface area (Å²) >= 11 is 12.0. The van der Waals surface area contributed by atoms with Crippen LogP contribution in [0.15, 0.2) is 18.2 Å². The summed E-state index contributed by atoms with van der Waals surface area (Å²) in [6.07, 6.45) is 2.18. The average molecular weight is 344 g/mol. The molecule has 1 aliphatic rings. The zero-order valence-corrected chi connectivity index (χ0v) is 13.9. The molecule has 2 N–H and O–H groups in total. The van der Waals surface area contributed by atoms with E-state index >= 15 is 0 Å². The van der Waals surface area contributed by atoms with Crippen LogP contribution in [0.5, 0.6) is 0 Å². The van der Waals surface area contributed by atoms with Gasteiger partial charge in [-0.2, -0.15) is 0 Å². The molecule has 0 bridgehead atoms. The van der Waals surface area contributed by atoms with Crippen LogP contribution in [0.2, 0.25) is 10.0 Å². The van der Waals surface area contributed by atoms with Crippen LogP contribution < -0.4 is 10.6 Å². The van der Waals surface area contributed by atoms with Crippen molar-refractivity contribution in [2.75, 3.05) is 18.4 Å². The maximum absolute atomic E-state index is 12.3. The van der Waals surface area contributed by atoms with E-state index in [9.17, 15) is 9.59 Å². The van der Waals surface area contributed by atoms with Gasteiger partial charge in [-0.3, -0.25) is 4.79 Å². The van der Waals surface area contributed by atoms with E-state index in [1.807, 2.05) is 6.92 Å². The molecule has 7 heteroatoms. The molecule has 0 aliphatic carbocycles. The molecule has 1 atom stereocenters. The van der Waals surface area contributed by atoms with Crippen molar-refractivity contribution in [2.24, 2.45) is 0 Å². The molecule has 0 radical (unpaired) electrons. The van der Waals surface area contributed by atoms with Gasteiger partial charge in [-0.1, -0.05) is 30.1 Å². The van der Waals surface area contributed by atoms with Gasteiger partial charge in [-0.15, -0.1) is 0 Å². The minimum absolute atomic E-state index is 0.00165. The zero-order chi connectivity index (χ0) is 16.1. The maximum atomic E-state index is 12.3. The standard InChI is InChI=1S/C15H19Cl2N3O2/c1-2-14(21)18-11-4-3-7-20(9-11)15(22)19-13-8-10(16)5-6-12(13)17/h5-6,8,11H,2-4,7,9H2,1H3,(H,18,21)(H,19,22). The molecular weight excluding hydrogens is 325 g/mol. The Kier molecular flexibility index (Phi) is 5.91. The van der Waals surface area contributed by atoms with Crippen LogP contribution in [0.4, 0.5) is 10.5 Å². The predicted octanol–water partition coefficient (Wildman–Crippen LogP) is 3.52. The van der Waals surface area contributed by atoms with Gasteiger partial charge in [-0.25, -0.2) is 4.79 Å². The molecule has 22 heavy (non-hydrogen) atoms. The topological polar surface area (TPSA) is 61.4 Å². The van der Waals surface area contributed by atoms with Crippen molar-refractivity contribution in [1.29, 1.82) is 0 Å². The number of rotatable bonds is 3. The third-order valence-electron chi connectivity index (χ3n) is 3.56. The molecule has 2 rings (SSSR count). The molecular formula is C15H19Cl2N3O2. The first-order valence-corrected chi connectivity index (χ1v) is 8.05. The van der Waals surface area contributed by atoms with Crippen molar-refractivity contribution in [3.05, 3.63) is 28.2 Å². The van der Waals surface area contributed by atoms with Gasteiger partial charge in [0.15, 0.2) is 0 Å². The number of benzene rings is 1. The van der Waals surface area contributed by atoms with Crippen LogP contribution >= 0.6 is 23.2 Å². The number of urea groups is 1. The van der Waals surface area contributed by atoms with Gasteiger partial charge in [0.25, 0.3) is 0 Å². The van der Waals surface area contributed by atoms with Crippen LogP contribution in [0, 0.1) is 0 Å². The highest BCUT2D eigenvalue weighted by atomic mass is 35.5. The Morgan fingerprint density at radius 3 is 2.86 bits per heavy atom. The second-order valence-corrected chi connectivity index (χ2v) is 6.10. The van der Waals surface area contributed by atoms with E-state index in [0.717, 1.165) is 12.8 Å². The molecule has 0 aromatic heterocycles. The van der Waals surface area contributed by atoms with Crippen molar-refractivity contribution in [3.63, 3.8) is 0 Å². The Hall–Kier alpha value is -1.46. The zero-order valence-electron chi connectivity index (χ0n) is 12.4.